The van der Waals surface area contributed by atoms with Crippen molar-refractivity contribution in [2.24, 2.45) is 0 Å². The first-order valence-corrected chi connectivity index (χ1v) is 12.2. The summed E-state index contributed by atoms with van der Waals surface area (Å²) >= 11 is 5.80. The number of nitrogen functional groups attached to an aromatic ring is 1. The van der Waals surface area contributed by atoms with E-state index in [2.05, 4.69) is 23.3 Å². The van der Waals surface area contributed by atoms with E-state index in [9.17, 15) is 26.3 Å². The zero-order valence-electron chi connectivity index (χ0n) is 18.7. The Hall–Kier alpha value is -2.31. The van der Waals surface area contributed by atoms with E-state index in [1.165, 1.54) is 0 Å². The Morgan fingerprint density at radius 3 is 1.74 bits per heavy atom. The van der Waals surface area contributed by atoms with Gasteiger partial charge in [-0.15, -0.1) is 24.4 Å². The van der Waals surface area contributed by atoms with E-state index < -0.39 is 56.5 Å². The molecule has 3 nitrogen and oxygen atoms in total. The predicted octanol–water partition coefficient (Wildman–Crippen LogP) is 7.88. The molecule has 3 aromatic carbocycles. The van der Waals surface area contributed by atoms with Crippen LogP contribution in [0.3, 0.4) is 0 Å². The summed E-state index contributed by atoms with van der Waals surface area (Å²) in [6.45, 7) is 4.73. The Kier molecular flexibility index (Phi) is 8.38. The molecular weight excluding hydrogens is 528 g/mol. The van der Waals surface area contributed by atoms with Gasteiger partial charge in [-0.05, 0) is 57.2 Å². The molecule has 1 atom stereocenters. The maximum atomic E-state index is 14.8. The van der Waals surface area contributed by atoms with Crippen LogP contribution in [0.2, 0.25) is 0 Å². The lowest BCUT2D eigenvalue weighted by Gasteiger charge is -2.28. The fourth-order valence-corrected chi connectivity index (χ4v) is 5.33. The minimum Gasteiger partial charge on any atom is -0.394 e. The third-order valence-electron chi connectivity index (χ3n) is 4.55. The number of halogens is 6. The molecule has 12 heteroatoms. The van der Waals surface area contributed by atoms with Gasteiger partial charge in [0.1, 0.15) is 52.0 Å². The van der Waals surface area contributed by atoms with Crippen LogP contribution in [0.15, 0.2) is 51.1 Å². The number of anilines is 3. The summed E-state index contributed by atoms with van der Waals surface area (Å²) in [7, 11) is 0. The van der Waals surface area contributed by atoms with Crippen molar-refractivity contribution in [2.45, 2.75) is 45.7 Å². The molecule has 3 aromatic rings. The molecule has 0 aliphatic rings. The van der Waals surface area contributed by atoms with E-state index in [0.29, 0.717) is 0 Å². The zero-order valence-corrected chi connectivity index (χ0v) is 21.2. The maximum Gasteiger partial charge on any atom is 0.150 e. The Morgan fingerprint density at radius 1 is 0.771 bits per heavy atom. The van der Waals surface area contributed by atoms with Gasteiger partial charge in [0.15, 0.2) is 0 Å². The normalized spacial score (nSPS) is 12.5. The first-order valence-electron chi connectivity index (χ1n) is 10.1. The molecular formula is C23H21F6N3S3. The van der Waals surface area contributed by atoms with E-state index in [1.54, 1.807) is 20.8 Å². The number of hydrogen-bond donors (Lipinski definition) is 4. The Bertz CT molecular complexity index is 1190. The lowest BCUT2D eigenvalue weighted by Crippen LogP contribution is -2.27. The molecule has 0 saturated heterocycles. The lowest BCUT2D eigenvalue weighted by atomic mass is 10.2. The topological polar surface area (TPSA) is 50.1 Å². The fourth-order valence-electron chi connectivity index (χ4n) is 3.11. The summed E-state index contributed by atoms with van der Waals surface area (Å²) < 4.78 is 85.2. The highest BCUT2D eigenvalue weighted by molar-refractivity contribution is 8.00. The third kappa shape index (κ3) is 6.89. The zero-order chi connectivity index (χ0) is 26.1. The van der Waals surface area contributed by atoms with E-state index in [1.807, 2.05) is 0 Å². The second-order valence-corrected chi connectivity index (χ2v) is 11.6. The van der Waals surface area contributed by atoms with Gasteiger partial charge in [-0.1, -0.05) is 11.8 Å². The van der Waals surface area contributed by atoms with Crippen molar-refractivity contribution in [1.82, 2.24) is 0 Å². The molecule has 0 amide bonds. The maximum absolute atomic E-state index is 14.8. The van der Waals surface area contributed by atoms with Crippen LogP contribution in [0.4, 0.5) is 43.4 Å². The molecule has 0 spiro atoms. The SMILES string of the molecule is CC(Nc1c(F)cc(S)cc1F)Sc1cc(F)c(NC(C)(C)Sc2cc(F)c(N)c(F)c2)c(F)c1. The molecule has 1 unspecified atom stereocenters. The minimum absolute atomic E-state index is 0.117. The van der Waals surface area contributed by atoms with Crippen LogP contribution in [0, 0.1) is 34.9 Å². The summed E-state index contributed by atoms with van der Waals surface area (Å²) in [5.41, 5.74) is 3.84. The molecule has 35 heavy (non-hydrogen) atoms. The van der Waals surface area contributed by atoms with Gasteiger partial charge in [0.25, 0.3) is 0 Å². The van der Waals surface area contributed by atoms with Crippen LogP contribution in [0.5, 0.6) is 0 Å². The van der Waals surface area contributed by atoms with Gasteiger partial charge >= 0.3 is 0 Å². The van der Waals surface area contributed by atoms with Crippen LogP contribution < -0.4 is 16.4 Å². The molecule has 0 aliphatic heterocycles. The Labute approximate surface area is 212 Å². The molecule has 0 aromatic heterocycles. The smallest absolute Gasteiger partial charge is 0.150 e. The van der Waals surface area contributed by atoms with Crippen molar-refractivity contribution in [2.75, 3.05) is 16.4 Å². The van der Waals surface area contributed by atoms with Crippen molar-refractivity contribution < 1.29 is 26.3 Å². The molecule has 188 valence electrons. The molecule has 0 bridgehead atoms. The van der Waals surface area contributed by atoms with Crippen molar-refractivity contribution in [3.05, 3.63) is 71.3 Å². The van der Waals surface area contributed by atoms with Crippen LogP contribution in [0.25, 0.3) is 0 Å². The number of rotatable bonds is 8. The van der Waals surface area contributed by atoms with E-state index in [0.717, 1.165) is 59.9 Å². The molecule has 0 radical (unpaired) electrons. The lowest BCUT2D eigenvalue weighted by molar-refractivity contribution is 0.576. The standard InChI is InChI=1S/C23H21F6N3S3/c1-10(31-21-16(26)4-11(33)5-17(21)27)34-12-6-18(28)22(19(29)7-12)32-23(2,3)35-13-8-14(24)20(30)15(25)9-13/h4-10,31-33H,30H2,1-3H3. The Balaban J connectivity index is 1.73. The van der Waals surface area contributed by atoms with Gasteiger partial charge in [0.2, 0.25) is 0 Å². The highest BCUT2D eigenvalue weighted by atomic mass is 32.2. The van der Waals surface area contributed by atoms with Crippen molar-refractivity contribution >= 4 is 53.2 Å². The van der Waals surface area contributed by atoms with Gasteiger partial charge < -0.3 is 16.4 Å². The molecule has 0 fully saturated rings. The second kappa shape index (κ2) is 10.8. The van der Waals surface area contributed by atoms with Crippen LogP contribution in [-0.4, -0.2) is 10.2 Å². The second-order valence-electron chi connectivity index (χ2n) is 7.99. The first kappa shape index (κ1) is 27.3. The number of nitrogens with two attached hydrogens (primary N) is 1. The van der Waals surface area contributed by atoms with Crippen LogP contribution in [-0.2, 0) is 0 Å². The number of thioether (sulfide) groups is 2. The predicted molar refractivity (Wildman–Crippen MR) is 133 cm³/mol. The van der Waals surface area contributed by atoms with Crippen LogP contribution in [0.1, 0.15) is 20.8 Å². The number of benzene rings is 3. The monoisotopic (exact) mass is 549 g/mol. The fraction of sp³-hybridized carbons (Fsp3) is 0.217. The number of thiol groups is 1. The number of hydrogen-bond acceptors (Lipinski definition) is 6. The van der Waals surface area contributed by atoms with Gasteiger partial charge in [0.05, 0.1) is 10.2 Å². The molecule has 4 N–H and O–H groups in total. The van der Waals surface area contributed by atoms with Crippen molar-refractivity contribution in [3.63, 3.8) is 0 Å². The summed E-state index contributed by atoms with van der Waals surface area (Å²) in [4.78, 5) is -0.616. The van der Waals surface area contributed by atoms with Crippen LogP contribution >= 0.6 is 36.2 Å². The van der Waals surface area contributed by atoms with Gasteiger partial charge in [-0.2, -0.15) is 0 Å². The van der Waals surface area contributed by atoms with Crippen molar-refractivity contribution in [3.8, 4) is 0 Å². The average molecular weight is 550 g/mol. The van der Waals surface area contributed by atoms with E-state index >= 15 is 0 Å². The quantitative estimate of drug-likeness (QED) is 0.0757. The van der Waals surface area contributed by atoms with E-state index in [-0.39, 0.29) is 20.4 Å². The summed E-state index contributed by atoms with van der Waals surface area (Å²) in [6.07, 6.45) is 0. The van der Waals surface area contributed by atoms with Gasteiger partial charge in [-0.3, -0.25) is 0 Å². The average Bonchev–Trinajstić information content (AvgIpc) is 2.71. The number of nitrogens with one attached hydrogen (secondary N) is 2. The summed E-state index contributed by atoms with van der Waals surface area (Å²) in [5, 5.41) is 4.69. The molecule has 0 aliphatic carbocycles. The third-order valence-corrected chi connectivity index (χ3v) is 6.88. The van der Waals surface area contributed by atoms with Crippen molar-refractivity contribution in [1.29, 1.82) is 0 Å². The molecule has 3 rings (SSSR count). The highest BCUT2D eigenvalue weighted by Crippen LogP contribution is 2.38. The first-order chi connectivity index (χ1) is 16.3. The molecule has 0 saturated carbocycles. The van der Waals surface area contributed by atoms with E-state index in [4.69, 9.17) is 5.73 Å². The largest absolute Gasteiger partial charge is 0.394 e. The summed E-state index contributed by atoms with van der Waals surface area (Å²) in [5.74, 6) is -5.41. The highest BCUT2D eigenvalue weighted by Gasteiger charge is 2.25. The van der Waals surface area contributed by atoms with Gasteiger partial charge in [0, 0.05) is 14.7 Å². The minimum atomic E-state index is -1.08. The van der Waals surface area contributed by atoms with Gasteiger partial charge in [-0.25, -0.2) is 26.3 Å². The molecule has 0 heterocycles. The Morgan fingerprint density at radius 2 is 1.23 bits per heavy atom. The summed E-state index contributed by atoms with van der Waals surface area (Å²) in [6, 6.07) is 6.28.